The first-order chi connectivity index (χ1) is 10.2. The van der Waals surface area contributed by atoms with E-state index in [1.54, 1.807) is 0 Å². The Morgan fingerprint density at radius 1 is 1.27 bits per heavy atom. The van der Waals surface area contributed by atoms with Crippen LogP contribution >= 0.6 is 0 Å². The van der Waals surface area contributed by atoms with E-state index < -0.39 is 34.7 Å². The molecule has 0 heterocycles. The van der Waals surface area contributed by atoms with Crippen molar-refractivity contribution >= 4 is 11.9 Å². The predicted molar refractivity (Wildman–Crippen MR) is 69.4 cm³/mol. The zero-order valence-corrected chi connectivity index (χ0v) is 11.4. The number of aliphatic hydroxyl groups excluding tert-OH is 1. The van der Waals surface area contributed by atoms with Crippen molar-refractivity contribution in [3.8, 4) is 0 Å². The Labute approximate surface area is 123 Å². The van der Waals surface area contributed by atoms with E-state index in [2.05, 4.69) is 5.32 Å². The molecular weight excluding hydrogens is 303 g/mol. The summed E-state index contributed by atoms with van der Waals surface area (Å²) >= 11 is 0. The highest BCUT2D eigenvalue weighted by molar-refractivity contribution is 5.97. The number of hydrogen-bond donors (Lipinski definition) is 3. The van der Waals surface area contributed by atoms with Crippen molar-refractivity contribution in [2.75, 3.05) is 13.2 Å². The normalized spacial score (nSPS) is 20.5. The number of alkyl halides is 3. The van der Waals surface area contributed by atoms with Gasteiger partial charge in [-0.1, -0.05) is 0 Å². The van der Waals surface area contributed by atoms with Crippen molar-refractivity contribution in [2.24, 2.45) is 11.8 Å². The highest BCUT2D eigenvalue weighted by atomic mass is 19.4. The Morgan fingerprint density at radius 2 is 1.95 bits per heavy atom. The lowest BCUT2D eigenvalue weighted by molar-refractivity contribution is -0.137. The molecule has 1 aromatic carbocycles. The third-order valence-electron chi connectivity index (χ3n) is 3.64. The molecule has 1 fully saturated rings. The molecule has 1 aliphatic rings. The second-order valence-corrected chi connectivity index (χ2v) is 5.21. The Balaban J connectivity index is 2.18. The van der Waals surface area contributed by atoms with Crippen LogP contribution in [-0.4, -0.2) is 35.2 Å². The van der Waals surface area contributed by atoms with Crippen LogP contribution in [0.1, 0.15) is 32.7 Å². The second kappa shape index (κ2) is 5.96. The number of amides is 1. The van der Waals surface area contributed by atoms with Crippen LogP contribution in [0.25, 0.3) is 0 Å². The monoisotopic (exact) mass is 317 g/mol. The van der Waals surface area contributed by atoms with Crippen molar-refractivity contribution in [1.82, 2.24) is 5.32 Å². The molecule has 2 atom stereocenters. The molecule has 0 radical (unpaired) electrons. The second-order valence-electron chi connectivity index (χ2n) is 5.21. The van der Waals surface area contributed by atoms with E-state index in [1.807, 2.05) is 0 Å². The molecule has 0 unspecified atom stereocenters. The molecule has 5 nitrogen and oxygen atoms in total. The zero-order chi connectivity index (χ0) is 16.5. The summed E-state index contributed by atoms with van der Waals surface area (Å²) in [5.41, 5.74) is -2.43. The number of nitrogens with one attached hydrogen (secondary N) is 1. The first kappa shape index (κ1) is 16.3. The molecule has 0 aromatic heterocycles. The van der Waals surface area contributed by atoms with Gasteiger partial charge in [-0.3, -0.25) is 4.79 Å². The molecule has 2 rings (SSSR count). The van der Waals surface area contributed by atoms with E-state index in [1.165, 1.54) is 0 Å². The largest absolute Gasteiger partial charge is 0.478 e. The number of aromatic carboxylic acids is 1. The van der Waals surface area contributed by atoms with Crippen molar-refractivity contribution in [3.63, 3.8) is 0 Å². The molecule has 120 valence electrons. The molecule has 1 aromatic rings. The third kappa shape index (κ3) is 3.56. The summed E-state index contributed by atoms with van der Waals surface area (Å²) in [4.78, 5) is 22.7. The topological polar surface area (TPSA) is 86.6 Å². The Hall–Kier alpha value is -2.09. The molecule has 0 saturated heterocycles. The fourth-order valence-electron chi connectivity index (χ4n) is 2.21. The Bertz CT molecular complexity index is 600. The van der Waals surface area contributed by atoms with Gasteiger partial charge in [0.1, 0.15) is 0 Å². The summed E-state index contributed by atoms with van der Waals surface area (Å²) < 4.78 is 38.9. The van der Waals surface area contributed by atoms with Crippen LogP contribution in [0.2, 0.25) is 0 Å². The SMILES string of the molecule is O=C(O)c1ccc(C(=O)NC[C@H]2C[C@H]2CO)c(C(F)(F)F)c1. The lowest BCUT2D eigenvalue weighted by atomic mass is 10.0. The Morgan fingerprint density at radius 3 is 2.45 bits per heavy atom. The van der Waals surface area contributed by atoms with E-state index in [0.717, 1.165) is 18.6 Å². The number of carbonyl (C=O) groups is 2. The summed E-state index contributed by atoms with van der Waals surface area (Å²) in [6.07, 6.45) is -4.10. The standard InChI is InChI=1S/C14H14F3NO4/c15-14(16,17)11-4-7(13(21)22)1-2-10(11)12(20)18-5-8-3-9(8)6-19/h1-2,4,8-9,19H,3,5-6H2,(H,18,20)(H,21,22)/t8-,9+/m1/s1. The molecule has 0 aliphatic heterocycles. The van der Waals surface area contributed by atoms with E-state index >= 15 is 0 Å². The summed E-state index contributed by atoms with van der Waals surface area (Å²) in [6, 6.07) is 2.27. The van der Waals surface area contributed by atoms with E-state index in [0.29, 0.717) is 6.07 Å². The first-order valence-corrected chi connectivity index (χ1v) is 6.57. The fourth-order valence-corrected chi connectivity index (χ4v) is 2.21. The molecule has 3 N–H and O–H groups in total. The summed E-state index contributed by atoms with van der Waals surface area (Å²) in [5.74, 6) is -2.26. The van der Waals surface area contributed by atoms with E-state index in [-0.39, 0.29) is 25.0 Å². The number of hydrogen-bond acceptors (Lipinski definition) is 3. The van der Waals surface area contributed by atoms with Gasteiger partial charge in [-0.05, 0) is 36.5 Å². The van der Waals surface area contributed by atoms with Crippen LogP contribution in [0.4, 0.5) is 13.2 Å². The van der Waals surface area contributed by atoms with Crippen LogP contribution < -0.4 is 5.32 Å². The summed E-state index contributed by atoms with van der Waals surface area (Å²) in [6.45, 7) is 0.170. The maximum atomic E-state index is 13.0. The highest BCUT2D eigenvalue weighted by Gasteiger charge is 2.38. The third-order valence-corrected chi connectivity index (χ3v) is 3.64. The molecule has 8 heteroatoms. The van der Waals surface area contributed by atoms with Crippen molar-refractivity contribution < 1.29 is 33.0 Å². The molecule has 1 aliphatic carbocycles. The number of carbonyl (C=O) groups excluding carboxylic acids is 1. The van der Waals surface area contributed by atoms with E-state index in [9.17, 15) is 22.8 Å². The van der Waals surface area contributed by atoms with E-state index in [4.69, 9.17) is 10.2 Å². The molecule has 22 heavy (non-hydrogen) atoms. The molecule has 0 spiro atoms. The lowest BCUT2D eigenvalue weighted by Gasteiger charge is -2.13. The molecule has 1 saturated carbocycles. The average molecular weight is 317 g/mol. The van der Waals surface area contributed by atoms with Gasteiger partial charge in [0.15, 0.2) is 0 Å². The fraction of sp³-hybridized carbons (Fsp3) is 0.429. The van der Waals surface area contributed by atoms with Gasteiger partial charge in [-0.2, -0.15) is 13.2 Å². The minimum absolute atomic E-state index is 0.0123. The smallest absolute Gasteiger partial charge is 0.417 e. The summed E-state index contributed by atoms with van der Waals surface area (Å²) in [7, 11) is 0. The van der Waals surface area contributed by atoms with Gasteiger partial charge in [0.25, 0.3) is 5.91 Å². The quantitative estimate of drug-likeness (QED) is 0.772. The number of halogens is 3. The number of aliphatic hydroxyl groups is 1. The molecule has 1 amide bonds. The van der Waals surface area contributed by atoms with Gasteiger partial charge in [0, 0.05) is 13.2 Å². The van der Waals surface area contributed by atoms with Gasteiger partial charge < -0.3 is 15.5 Å². The minimum atomic E-state index is -4.83. The number of rotatable bonds is 5. The molecular formula is C14H14F3NO4. The van der Waals surface area contributed by atoms with Crippen molar-refractivity contribution in [1.29, 1.82) is 0 Å². The predicted octanol–water partition coefficient (Wildman–Crippen LogP) is 1.76. The van der Waals surface area contributed by atoms with Crippen LogP contribution in [0.15, 0.2) is 18.2 Å². The van der Waals surface area contributed by atoms with Gasteiger partial charge >= 0.3 is 12.1 Å². The van der Waals surface area contributed by atoms with Crippen molar-refractivity contribution in [3.05, 3.63) is 34.9 Å². The zero-order valence-electron chi connectivity index (χ0n) is 11.4. The number of carboxylic acid groups (broad SMARTS) is 1. The van der Waals surface area contributed by atoms with Gasteiger partial charge in [0.05, 0.1) is 16.7 Å². The minimum Gasteiger partial charge on any atom is -0.478 e. The number of benzene rings is 1. The van der Waals surface area contributed by atoms with Crippen LogP contribution in [0.5, 0.6) is 0 Å². The summed E-state index contributed by atoms with van der Waals surface area (Å²) in [5, 5.41) is 20.0. The maximum Gasteiger partial charge on any atom is 0.417 e. The van der Waals surface area contributed by atoms with Crippen molar-refractivity contribution in [2.45, 2.75) is 12.6 Å². The number of carboxylic acids is 1. The van der Waals surface area contributed by atoms with Crippen LogP contribution in [-0.2, 0) is 6.18 Å². The first-order valence-electron chi connectivity index (χ1n) is 6.57. The Kier molecular flexibility index (Phi) is 4.41. The highest BCUT2D eigenvalue weighted by Crippen LogP contribution is 2.37. The average Bonchev–Trinajstić information content (AvgIpc) is 3.21. The lowest BCUT2D eigenvalue weighted by Crippen LogP contribution is -2.28. The maximum absolute atomic E-state index is 13.0. The molecule has 0 bridgehead atoms. The van der Waals surface area contributed by atoms with Gasteiger partial charge in [-0.25, -0.2) is 4.79 Å². The van der Waals surface area contributed by atoms with Crippen LogP contribution in [0.3, 0.4) is 0 Å². The van der Waals surface area contributed by atoms with Gasteiger partial charge in [0.2, 0.25) is 0 Å². The van der Waals surface area contributed by atoms with Gasteiger partial charge in [-0.15, -0.1) is 0 Å². The van der Waals surface area contributed by atoms with Crippen LogP contribution in [0, 0.1) is 11.8 Å².